The monoisotopic (exact) mass is 233 g/mol. The lowest BCUT2D eigenvalue weighted by atomic mass is 10.1. The van der Waals surface area contributed by atoms with Gasteiger partial charge in [-0.2, -0.15) is 0 Å². The molecule has 0 fully saturated rings. The summed E-state index contributed by atoms with van der Waals surface area (Å²) in [6.07, 6.45) is 2.94. The van der Waals surface area contributed by atoms with Gasteiger partial charge in [-0.15, -0.1) is 0 Å². The highest BCUT2D eigenvalue weighted by Gasteiger charge is 2.07. The van der Waals surface area contributed by atoms with E-state index >= 15 is 0 Å². The van der Waals surface area contributed by atoms with Gasteiger partial charge in [0.05, 0.1) is 7.11 Å². The molecule has 0 saturated heterocycles. The van der Waals surface area contributed by atoms with Crippen molar-refractivity contribution in [1.29, 1.82) is 0 Å². The average molecular weight is 233 g/mol. The van der Waals surface area contributed by atoms with Gasteiger partial charge in [0.2, 0.25) is 5.91 Å². The van der Waals surface area contributed by atoms with E-state index in [1.165, 1.54) is 0 Å². The quantitative estimate of drug-likeness (QED) is 0.420. The van der Waals surface area contributed by atoms with Crippen molar-refractivity contribution in [3.05, 3.63) is 30.0 Å². The molecule has 1 aromatic heterocycles. The Bertz CT molecular complexity index is 534. The number of aromatic nitrogens is 1. The summed E-state index contributed by atoms with van der Waals surface area (Å²) in [5.41, 5.74) is 4.25. The first-order valence-corrected chi connectivity index (χ1v) is 5.38. The smallest absolute Gasteiger partial charge is 0.234 e. The Morgan fingerprint density at radius 2 is 2.35 bits per heavy atom. The Morgan fingerprint density at radius 3 is 3.06 bits per heavy atom. The fourth-order valence-corrected chi connectivity index (χ4v) is 1.81. The molecule has 90 valence electrons. The minimum Gasteiger partial charge on any atom is -0.497 e. The van der Waals surface area contributed by atoms with Crippen LogP contribution in [0.25, 0.3) is 10.9 Å². The molecule has 0 radical (unpaired) electrons. The number of hydrogen-bond acceptors (Lipinski definition) is 3. The van der Waals surface area contributed by atoms with Crippen LogP contribution in [-0.2, 0) is 11.2 Å². The van der Waals surface area contributed by atoms with Crippen molar-refractivity contribution in [2.75, 3.05) is 7.11 Å². The number of methoxy groups -OCH3 is 1. The summed E-state index contributed by atoms with van der Waals surface area (Å²) in [4.78, 5) is 14.3. The van der Waals surface area contributed by atoms with Gasteiger partial charge in [-0.3, -0.25) is 10.2 Å². The normalized spacial score (nSPS) is 10.5. The molecule has 1 amide bonds. The molecular formula is C12H15N3O2. The van der Waals surface area contributed by atoms with Gasteiger partial charge >= 0.3 is 0 Å². The van der Waals surface area contributed by atoms with E-state index in [2.05, 4.69) is 10.4 Å². The number of aromatic amines is 1. The zero-order chi connectivity index (χ0) is 12.3. The number of aryl methyl sites for hydroxylation is 1. The third kappa shape index (κ3) is 2.39. The second-order valence-corrected chi connectivity index (χ2v) is 3.79. The molecule has 0 spiro atoms. The summed E-state index contributed by atoms with van der Waals surface area (Å²) >= 11 is 0. The van der Waals surface area contributed by atoms with Gasteiger partial charge in [-0.1, -0.05) is 0 Å². The molecule has 5 nitrogen and oxygen atoms in total. The van der Waals surface area contributed by atoms with Crippen molar-refractivity contribution in [2.45, 2.75) is 12.8 Å². The Morgan fingerprint density at radius 1 is 1.53 bits per heavy atom. The number of benzene rings is 1. The summed E-state index contributed by atoms with van der Waals surface area (Å²) in [6, 6.07) is 5.82. The number of rotatable bonds is 4. The molecule has 0 unspecified atom stereocenters. The van der Waals surface area contributed by atoms with Gasteiger partial charge in [0, 0.05) is 23.5 Å². The van der Waals surface area contributed by atoms with Crippen LogP contribution in [0.5, 0.6) is 5.75 Å². The standard InChI is InChI=1S/C12H15N3O2/c1-17-9-3-4-11-10(6-9)8(7-14-11)2-5-12(16)15-13/h3-4,6-7,14H,2,5,13H2,1H3,(H,15,16). The van der Waals surface area contributed by atoms with E-state index in [9.17, 15) is 4.79 Å². The zero-order valence-corrected chi connectivity index (χ0v) is 9.62. The number of hydrogen-bond donors (Lipinski definition) is 3. The van der Waals surface area contributed by atoms with Crippen molar-refractivity contribution in [1.82, 2.24) is 10.4 Å². The van der Waals surface area contributed by atoms with Crippen molar-refractivity contribution in [2.24, 2.45) is 5.84 Å². The number of ether oxygens (including phenoxy) is 1. The third-order valence-electron chi connectivity index (χ3n) is 2.76. The van der Waals surface area contributed by atoms with Crippen molar-refractivity contribution in [3.63, 3.8) is 0 Å². The average Bonchev–Trinajstić information content (AvgIpc) is 2.78. The molecule has 0 saturated carbocycles. The fourth-order valence-electron chi connectivity index (χ4n) is 1.81. The van der Waals surface area contributed by atoms with Gasteiger partial charge in [-0.05, 0) is 30.2 Å². The Balaban J connectivity index is 2.25. The lowest BCUT2D eigenvalue weighted by molar-refractivity contribution is -0.121. The van der Waals surface area contributed by atoms with E-state index in [1.54, 1.807) is 7.11 Å². The van der Waals surface area contributed by atoms with Crippen LogP contribution in [0.3, 0.4) is 0 Å². The molecule has 0 aliphatic carbocycles. The second-order valence-electron chi connectivity index (χ2n) is 3.79. The zero-order valence-electron chi connectivity index (χ0n) is 9.62. The Labute approximate surface area is 98.9 Å². The molecule has 17 heavy (non-hydrogen) atoms. The number of amides is 1. The molecule has 4 N–H and O–H groups in total. The highest BCUT2D eigenvalue weighted by atomic mass is 16.5. The van der Waals surface area contributed by atoms with Crippen LogP contribution in [0.2, 0.25) is 0 Å². The van der Waals surface area contributed by atoms with Crippen molar-refractivity contribution >= 4 is 16.8 Å². The van der Waals surface area contributed by atoms with E-state index < -0.39 is 0 Å². The highest BCUT2D eigenvalue weighted by Crippen LogP contribution is 2.24. The highest BCUT2D eigenvalue weighted by molar-refractivity contribution is 5.85. The molecule has 2 rings (SSSR count). The van der Waals surface area contributed by atoms with Crippen LogP contribution >= 0.6 is 0 Å². The fraction of sp³-hybridized carbons (Fsp3) is 0.250. The van der Waals surface area contributed by atoms with E-state index in [0.717, 1.165) is 22.2 Å². The molecule has 0 aliphatic rings. The van der Waals surface area contributed by atoms with Crippen LogP contribution in [0.15, 0.2) is 24.4 Å². The van der Waals surface area contributed by atoms with E-state index in [-0.39, 0.29) is 5.91 Å². The summed E-state index contributed by atoms with van der Waals surface area (Å²) in [6.45, 7) is 0. The first-order chi connectivity index (χ1) is 8.24. The first-order valence-electron chi connectivity index (χ1n) is 5.38. The van der Waals surface area contributed by atoms with Gasteiger partial charge in [0.1, 0.15) is 5.75 Å². The first kappa shape index (κ1) is 11.5. The van der Waals surface area contributed by atoms with Crippen LogP contribution in [-0.4, -0.2) is 18.0 Å². The number of H-pyrrole nitrogens is 1. The van der Waals surface area contributed by atoms with E-state index in [0.29, 0.717) is 12.8 Å². The largest absolute Gasteiger partial charge is 0.497 e. The molecule has 2 aromatic rings. The lowest BCUT2D eigenvalue weighted by Crippen LogP contribution is -2.30. The topological polar surface area (TPSA) is 80.1 Å². The molecular weight excluding hydrogens is 218 g/mol. The predicted molar refractivity (Wildman–Crippen MR) is 65.5 cm³/mol. The minimum atomic E-state index is -0.165. The molecule has 0 bridgehead atoms. The molecule has 1 aromatic carbocycles. The van der Waals surface area contributed by atoms with Crippen LogP contribution in [0.4, 0.5) is 0 Å². The van der Waals surface area contributed by atoms with Crippen molar-refractivity contribution < 1.29 is 9.53 Å². The van der Waals surface area contributed by atoms with Gasteiger partial charge in [0.25, 0.3) is 0 Å². The number of fused-ring (bicyclic) bond motifs is 1. The van der Waals surface area contributed by atoms with Crippen LogP contribution in [0, 0.1) is 0 Å². The number of carbonyl (C=O) groups excluding carboxylic acids is 1. The maximum Gasteiger partial charge on any atom is 0.234 e. The number of hydrazine groups is 1. The number of nitrogens with two attached hydrogens (primary N) is 1. The Kier molecular flexibility index (Phi) is 3.30. The maximum atomic E-state index is 11.1. The molecule has 0 aliphatic heterocycles. The number of carbonyl (C=O) groups is 1. The van der Waals surface area contributed by atoms with Gasteiger partial charge in [-0.25, -0.2) is 5.84 Å². The summed E-state index contributed by atoms with van der Waals surface area (Å²) in [5.74, 6) is 5.68. The van der Waals surface area contributed by atoms with E-state index in [4.69, 9.17) is 10.6 Å². The third-order valence-corrected chi connectivity index (χ3v) is 2.76. The molecule has 1 heterocycles. The Hall–Kier alpha value is -2.01. The SMILES string of the molecule is COc1ccc2[nH]cc(CCC(=O)NN)c2c1. The van der Waals surface area contributed by atoms with Crippen LogP contribution in [0.1, 0.15) is 12.0 Å². The summed E-state index contributed by atoms with van der Waals surface area (Å²) < 4.78 is 5.18. The lowest BCUT2D eigenvalue weighted by Gasteiger charge is -2.02. The minimum absolute atomic E-state index is 0.165. The molecule has 0 atom stereocenters. The molecule has 5 heteroatoms. The number of nitrogens with one attached hydrogen (secondary N) is 2. The summed E-state index contributed by atoms with van der Waals surface area (Å²) in [5, 5.41) is 1.08. The van der Waals surface area contributed by atoms with E-state index in [1.807, 2.05) is 24.4 Å². The van der Waals surface area contributed by atoms with Crippen molar-refractivity contribution in [3.8, 4) is 5.75 Å². The predicted octanol–water partition coefficient (Wildman–Crippen LogP) is 1.10. The summed E-state index contributed by atoms with van der Waals surface area (Å²) in [7, 11) is 1.63. The van der Waals surface area contributed by atoms with Crippen LogP contribution < -0.4 is 16.0 Å². The maximum absolute atomic E-state index is 11.1. The second kappa shape index (κ2) is 4.88. The van der Waals surface area contributed by atoms with Gasteiger partial charge < -0.3 is 9.72 Å². The van der Waals surface area contributed by atoms with Gasteiger partial charge in [0.15, 0.2) is 0 Å².